The van der Waals surface area contributed by atoms with Crippen molar-refractivity contribution >= 4 is 17.8 Å². The van der Waals surface area contributed by atoms with Gasteiger partial charge in [0.25, 0.3) is 5.91 Å². The molecule has 0 heterocycles. The minimum atomic E-state index is -1.02. The first-order valence-electron chi connectivity index (χ1n) is 6.41. The lowest BCUT2D eigenvalue weighted by molar-refractivity contribution is -0.137. The topological polar surface area (TPSA) is 86.7 Å². The first-order valence-corrected chi connectivity index (χ1v) is 6.41. The van der Waals surface area contributed by atoms with E-state index in [0.29, 0.717) is 0 Å². The van der Waals surface area contributed by atoms with Gasteiger partial charge >= 0.3 is 5.97 Å². The maximum atomic E-state index is 12.8. The highest BCUT2D eigenvalue weighted by Crippen LogP contribution is 2.07. The second-order valence-corrected chi connectivity index (χ2v) is 4.43. The fourth-order valence-electron chi connectivity index (χ4n) is 1.69. The van der Waals surface area contributed by atoms with Gasteiger partial charge in [0.05, 0.1) is 6.42 Å². The summed E-state index contributed by atoms with van der Waals surface area (Å²) < 4.78 is 12.8. The molecule has 0 saturated carbocycles. The highest BCUT2D eigenvalue weighted by atomic mass is 19.1. The molecular weight excluding hydrogens is 279 g/mol. The molecule has 1 aromatic carbocycles. The van der Waals surface area contributed by atoms with Gasteiger partial charge in [-0.2, -0.15) is 0 Å². The molecule has 0 aliphatic carbocycles. The Morgan fingerprint density at radius 2 is 1.81 bits per heavy atom. The lowest BCUT2D eigenvalue weighted by atomic mass is 10.2. The zero-order valence-corrected chi connectivity index (χ0v) is 11.6. The number of hydrogen-bond acceptors (Lipinski definition) is 3. The summed E-state index contributed by atoms with van der Waals surface area (Å²) in [5.74, 6) is -2.11. The highest BCUT2D eigenvalue weighted by molar-refractivity contribution is 5.94. The average Bonchev–Trinajstić information content (AvgIpc) is 2.42. The van der Waals surface area contributed by atoms with Gasteiger partial charge in [-0.25, -0.2) is 4.39 Å². The molecule has 114 valence electrons. The summed E-state index contributed by atoms with van der Waals surface area (Å²) in [6.07, 6.45) is -0.201. The molecule has 0 aliphatic rings. The third-order valence-corrected chi connectivity index (χ3v) is 2.73. The summed E-state index contributed by atoms with van der Waals surface area (Å²) in [6.45, 7) is 1.78. The number of carbonyl (C=O) groups is 3. The van der Waals surface area contributed by atoms with E-state index in [-0.39, 0.29) is 37.5 Å². The molecule has 21 heavy (non-hydrogen) atoms. The Morgan fingerprint density at radius 3 is 2.33 bits per heavy atom. The van der Waals surface area contributed by atoms with E-state index in [0.717, 1.165) is 12.1 Å². The predicted octanol–water partition coefficient (Wildman–Crippen LogP) is 0.879. The summed E-state index contributed by atoms with van der Waals surface area (Å²) in [4.78, 5) is 35.0. The zero-order chi connectivity index (χ0) is 15.8. The lowest BCUT2D eigenvalue weighted by Crippen LogP contribution is -2.39. The monoisotopic (exact) mass is 296 g/mol. The van der Waals surface area contributed by atoms with Gasteiger partial charge in [0, 0.05) is 32.1 Å². The Balaban J connectivity index is 2.73. The highest BCUT2D eigenvalue weighted by Gasteiger charge is 2.16. The largest absolute Gasteiger partial charge is 0.481 e. The van der Waals surface area contributed by atoms with Crippen molar-refractivity contribution in [2.24, 2.45) is 0 Å². The molecule has 2 amide bonds. The van der Waals surface area contributed by atoms with Crippen LogP contribution in [-0.4, -0.2) is 47.4 Å². The molecule has 0 radical (unpaired) electrons. The maximum Gasteiger partial charge on any atom is 0.305 e. The molecule has 0 aromatic heterocycles. The van der Waals surface area contributed by atoms with E-state index in [9.17, 15) is 18.8 Å². The van der Waals surface area contributed by atoms with Crippen molar-refractivity contribution in [1.82, 2.24) is 10.2 Å². The number of benzene rings is 1. The van der Waals surface area contributed by atoms with Crippen LogP contribution in [0.5, 0.6) is 0 Å². The van der Waals surface area contributed by atoms with Crippen molar-refractivity contribution in [1.29, 1.82) is 0 Å². The van der Waals surface area contributed by atoms with Gasteiger partial charge in [-0.05, 0) is 24.3 Å². The van der Waals surface area contributed by atoms with Crippen LogP contribution in [0.3, 0.4) is 0 Å². The van der Waals surface area contributed by atoms with Crippen LogP contribution >= 0.6 is 0 Å². The van der Waals surface area contributed by atoms with Crippen LogP contribution in [0.4, 0.5) is 4.39 Å². The summed E-state index contributed by atoms with van der Waals surface area (Å²) in [6, 6.07) is 5.00. The smallest absolute Gasteiger partial charge is 0.305 e. The number of aliphatic carboxylic acids is 1. The molecule has 0 bridgehead atoms. The van der Waals surface area contributed by atoms with E-state index >= 15 is 0 Å². The number of carbonyl (C=O) groups excluding carboxylic acids is 2. The van der Waals surface area contributed by atoms with Gasteiger partial charge in [0.2, 0.25) is 5.91 Å². The van der Waals surface area contributed by atoms with E-state index in [4.69, 9.17) is 5.11 Å². The van der Waals surface area contributed by atoms with Crippen molar-refractivity contribution in [3.63, 3.8) is 0 Å². The van der Waals surface area contributed by atoms with Crippen LogP contribution in [0.25, 0.3) is 0 Å². The molecule has 7 heteroatoms. The number of carboxylic acids is 1. The zero-order valence-electron chi connectivity index (χ0n) is 11.6. The Morgan fingerprint density at radius 1 is 1.19 bits per heavy atom. The molecule has 1 rings (SSSR count). The average molecular weight is 296 g/mol. The van der Waals surface area contributed by atoms with E-state index in [1.807, 2.05) is 0 Å². The van der Waals surface area contributed by atoms with Gasteiger partial charge < -0.3 is 15.3 Å². The Labute approximate surface area is 121 Å². The van der Waals surface area contributed by atoms with Crippen molar-refractivity contribution in [2.45, 2.75) is 13.3 Å². The third kappa shape index (κ3) is 6.03. The Hall–Kier alpha value is -2.44. The van der Waals surface area contributed by atoms with Crippen LogP contribution in [0.15, 0.2) is 24.3 Å². The molecule has 0 unspecified atom stereocenters. The first kappa shape index (κ1) is 16.6. The van der Waals surface area contributed by atoms with Crippen LogP contribution in [0.2, 0.25) is 0 Å². The normalized spacial score (nSPS) is 10.0. The molecule has 0 saturated heterocycles. The molecule has 0 fully saturated rings. The predicted molar refractivity (Wildman–Crippen MR) is 73.2 cm³/mol. The van der Waals surface area contributed by atoms with Crippen LogP contribution in [0.1, 0.15) is 23.7 Å². The van der Waals surface area contributed by atoms with E-state index in [1.165, 1.54) is 24.0 Å². The molecule has 6 nitrogen and oxygen atoms in total. The minimum Gasteiger partial charge on any atom is -0.481 e. The Bertz CT molecular complexity index is 516. The third-order valence-electron chi connectivity index (χ3n) is 2.73. The number of rotatable bonds is 7. The Kier molecular flexibility index (Phi) is 6.32. The fraction of sp³-hybridized carbons (Fsp3) is 0.357. The quantitative estimate of drug-likeness (QED) is 0.782. The van der Waals surface area contributed by atoms with Gasteiger partial charge in [0.1, 0.15) is 5.82 Å². The van der Waals surface area contributed by atoms with Crippen LogP contribution in [-0.2, 0) is 9.59 Å². The molecule has 0 atom stereocenters. The SMILES string of the molecule is CC(=O)NCCN(CCC(=O)O)C(=O)c1ccc(F)cc1. The molecule has 2 N–H and O–H groups in total. The maximum absolute atomic E-state index is 12.8. The standard InChI is InChI=1S/C14H17FN2O4/c1-10(18)16-7-9-17(8-6-13(19)20)14(21)11-2-4-12(15)5-3-11/h2-5H,6-9H2,1H3,(H,16,18)(H,19,20). The number of nitrogens with zero attached hydrogens (tertiary/aromatic N) is 1. The van der Waals surface area contributed by atoms with Crippen molar-refractivity contribution in [2.75, 3.05) is 19.6 Å². The van der Waals surface area contributed by atoms with E-state index in [1.54, 1.807) is 0 Å². The van der Waals surface area contributed by atoms with Gasteiger partial charge in [-0.15, -0.1) is 0 Å². The van der Waals surface area contributed by atoms with Gasteiger partial charge in [0.15, 0.2) is 0 Å². The fourth-order valence-corrected chi connectivity index (χ4v) is 1.69. The molecule has 0 spiro atoms. The first-order chi connectivity index (χ1) is 9.90. The van der Waals surface area contributed by atoms with Crippen LogP contribution < -0.4 is 5.32 Å². The summed E-state index contributed by atoms with van der Waals surface area (Å²) in [7, 11) is 0. The van der Waals surface area contributed by atoms with Gasteiger partial charge in [-0.3, -0.25) is 14.4 Å². The number of hydrogen-bond donors (Lipinski definition) is 2. The number of amides is 2. The second-order valence-electron chi connectivity index (χ2n) is 4.43. The number of halogens is 1. The van der Waals surface area contributed by atoms with Crippen LogP contribution in [0, 0.1) is 5.82 Å². The van der Waals surface area contributed by atoms with E-state index in [2.05, 4.69) is 5.32 Å². The van der Waals surface area contributed by atoms with Crippen molar-refractivity contribution in [3.05, 3.63) is 35.6 Å². The van der Waals surface area contributed by atoms with E-state index < -0.39 is 17.7 Å². The minimum absolute atomic E-state index is 0.0190. The summed E-state index contributed by atoms with van der Waals surface area (Å²) in [5.41, 5.74) is 0.268. The summed E-state index contributed by atoms with van der Waals surface area (Å²) in [5, 5.41) is 11.2. The second kappa shape index (κ2) is 7.98. The lowest BCUT2D eigenvalue weighted by Gasteiger charge is -2.22. The number of nitrogens with one attached hydrogen (secondary N) is 1. The molecule has 1 aromatic rings. The van der Waals surface area contributed by atoms with Crippen molar-refractivity contribution in [3.8, 4) is 0 Å². The van der Waals surface area contributed by atoms with Gasteiger partial charge in [-0.1, -0.05) is 0 Å². The van der Waals surface area contributed by atoms with Crippen molar-refractivity contribution < 1.29 is 23.9 Å². The number of carboxylic acid groups (broad SMARTS) is 1. The molecule has 0 aliphatic heterocycles. The molecular formula is C14H17FN2O4. The summed E-state index contributed by atoms with van der Waals surface area (Å²) >= 11 is 0.